The van der Waals surface area contributed by atoms with Crippen LogP contribution in [0.1, 0.15) is 24.3 Å². The van der Waals surface area contributed by atoms with Crippen molar-refractivity contribution in [1.82, 2.24) is 15.3 Å². The van der Waals surface area contributed by atoms with E-state index in [4.69, 9.17) is 0 Å². The molecule has 84 valence electrons. The topological polar surface area (TPSA) is 57.8 Å². The second kappa shape index (κ2) is 4.35. The molecular weight excluding hydrogens is 202 g/mol. The number of hydrogen-bond donors (Lipinski definition) is 2. The van der Waals surface area contributed by atoms with E-state index in [1.54, 1.807) is 12.3 Å². The van der Waals surface area contributed by atoms with Crippen LogP contribution in [-0.4, -0.2) is 22.4 Å². The van der Waals surface area contributed by atoms with Crippen LogP contribution in [0.5, 0.6) is 0 Å². The van der Waals surface area contributed by atoms with Gasteiger partial charge in [0.2, 0.25) is 0 Å². The zero-order valence-corrected chi connectivity index (χ0v) is 9.45. The highest BCUT2D eigenvalue weighted by Crippen LogP contribution is 2.11. The predicted molar refractivity (Wildman–Crippen MR) is 63.3 cm³/mol. The highest BCUT2D eigenvalue weighted by Gasteiger charge is 2.09. The highest BCUT2D eigenvalue weighted by molar-refractivity contribution is 5.96. The Morgan fingerprint density at radius 2 is 2.38 bits per heavy atom. The van der Waals surface area contributed by atoms with Crippen molar-refractivity contribution in [3.8, 4) is 0 Å². The Kier molecular flexibility index (Phi) is 2.90. The van der Waals surface area contributed by atoms with Gasteiger partial charge in [-0.15, -0.1) is 0 Å². The standard InChI is InChI=1S/C12H15N3O/c1-8(2)7-14-12(16)11-6-10-9(15-11)4-3-5-13-10/h3-6,8,15H,7H2,1-2H3,(H,14,16). The molecule has 0 aliphatic carbocycles. The molecule has 2 aromatic rings. The largest absolute Gasteiger partial charge is 0.351 e. The van der Waals surface area contributed by atoms with Gasteiger partial charge in [0.1, 0.15) is 5.69 Å². The van der Waals surface area contributed by atoms with Gasteiger partial charge in [-0.3, -0.25) is 9.78 Å². The van der Waals surface area contributed by atoms with Gasteiger partial charge < -0.3 is 10.3 Å². The van der Waals surface area contributed by atoms with Crippen LogP contribution in [0.2, 0.25) is 0 Å². The van der Waals surface area contributed by atoms with Crippen LogP contribution in [0.4, 0.5) is 0 Å². The number of aromatic amines is 1. The molecule has 2 rings (SSSR count). The first-order valence-corrected chi connectivity index (χ1v) is 5.39. The molecule has 0 bridgehead atoms. The monoisotopic (exact) mass is 217 g/mol. The molecule has 0 aliphatic heterocycles. The smallest absolute Gasteiger partial charge is 0.267 e. The summed E-state index contributed by atoms with van der Waals surface area (Å²) in [5, 5.41) is 2.86. The molecular formula is C12H15N3O. The number of hydrogen-bond acceptors (Lipinski definition) is 2. The van der Waals surface area contributed by atoms with Crippen molar-refractivity contribution >= 4 is 16.9 Å². The fourth-order valence-electron chi connectivity index (χ4n) is 1.47. The van der Waals surface area contributed by atoms with Crippen molar-refractivity contribution in [1.29, 1.82) is 0 Å². The quantitative estimate of drug-likeness (QED) is 0.825. The lowest BCUT2D eigenvalue weighted by Gasteiger charge is -2.05. The summed E-state index contributed by atoms with van der Waals surface area (Å²) in [6, 6.07) is 5.52. The number of rotatable bonds is 3. The number of amides is 1. The van der Waals surface area contributed by atoms with Crippen molar-refractivity contribution in [2.45, 2.75) is 13.8 Å². The number of nitrogens with one attached hydrogen (secondary N) is 2. The minimum Gasteiger partial charge on any atom is -0.351 e. The Morgan fingerprint density at radius 1 is 1.56 bits per heavy atom. The third kappa shape index (κ3) is 2.21. The van der Waals surface area contributed by atoms with Gasteiger partial charge in [-0.05, 0) is 24.1 Å². The first-order chi connectivity index (χ1) is 7.66. The maximum absolute atomic E-state index is 11.7. The molecule has 2 aromatic heterocycles. The van der Waals surface area contributed by atoms with Crippen LogP contribution < -0.4 is 5.32 Å². The van der Waals surface area contributed by atoms with Crippen LogP contribution in [0.25, 0.3) is 11.0 Å². The SMILES string of the molecule is CC(C)CNC(=O)c1cc2ncccc2[nH]1. The predicted octanol–water partition coefficient (Wildman–Crippen LogP) is 1.95. The summed E-state index contributed by atoms with van der Waals surface area (Å²) in [6.07, 6.45) is 1.71. The second-order valence-corrected chi connectivity index (χ2v) is 4.22. The van der Waals surface area contributed by atoms with Crippen LogP contribution in [0.15, 0.2) is 24.4 Å². The number of pyridine rings is 1. The molecule has 0 unspecified atom stereocenters. The summed E-state index contributed by atoms with van der Waals surface area (Å²) in [7, 11) is 0. The maximum atomic E-state index is 11.7. The lowest BCUT2D eigenvalue weighted by atomic mass is 10.2. The van der Waals surface area contributed by atoms with E-state index in [0.29, 0.717) is 18.2 Å². The Hall–Kier alpha value is -1.84. The molecule has 0 radical (unpaired) electrons. The van der Waals surface area contributed by atoms with E-state index in [1.807, 2.05) is 12.1 Å². The molecule has 1 amide bonds. The highest BCUT2D eigenvalue weighted by atomic mass is 16.1. The molecule has 2 heterocycles. The number of H-pyrrole nitrogens is 1. The molecule has 0 atom stereocenters. The number of carbonyl (C=O) groups is 1. The third-order valence-electron chi connectivity index (χ3n) is 2.30. The van der Waals surface area contributed by atoms with Crippen molar-refractivity contribution in [3.63, 3.8) is 0 Å². The number of fused-ring (bicyclic) bond motifs is 1. The average molecular weight is 217 g/mol. The Balaban J connectivity index is 2.17. The molecule has 2 N–H and O–H groups in total. The van der Waals surface area contributed by atoms with Crippen LogP contribution >= 0.6 is 0 Å². The number of aromatic nitrogens is 2. The van der Waals surface area contributed by atoms with E-state index >= 15 is 0 Å². The molecule has 0 spiro atoms. The van der Waals surface area contributed by atoms with Crippen LogP contribution in [0.3, 0.4) is 0 Å². The molecule has 0 aliphatic rings. The summed E-state index contributed by atoms with van der Waals surface area (Å²) in [5.74, 6) is 0.373. The number of carbonyl (C=O) groups excluding carboxylic acids is 1. The van der Waals surface area contributed by atoms with Crippen LogP contribution in [-0.2, 0) is 0 Å². The lowest BCUT2D eigenvalue weighted by molar-refractivity contribution is 0.0945. The van der Waals surface area contributed by atoms with E-state index in [9.17, 15) is 4.79 Å². The first kappa shape index (κ1) is 10.7. The minimum atomic E-state index is -0.0771. The molecule has 0 aromatic carbocycles. The number of nitrogens with zero attached hydrogens (tertiary/aromatic N) is 1. The second-order valence-electron chi connectivity index (χ2n) is 4.22. The third-order valence-corrected chi connectivity index (χ3v) is 2.30. The van der Waals surface area contributed by atoms with Gasteiger partial charge in [-0.1, -0.05) is 13.8 Å². The molecule has 0 fully saturated rings. The van der Waals surface area contributed by atoms with Gasteiger partial charge >= 0.3 is 0 Å². The summed E-state index contributed by atoms with van der Waals surface area (Å²) in [6.45, 7) is 4.81. The van der Waals surface area contributed by atoms with Crippen molar-refractivity contribution in [3.05, 3.63) is 30.1 Å². The molecule has 16 heavy (non-hydrogen) atoms. The fourth-order valence-corrected chi connectivity index (χ4v) is 1.47. The van der Waals surface area contributed by atoms with E-state index in [0.717, 1.165) is 11.0 Å². The summed E-state index contributed by atoms with van der Waals surface area (Å²) in [4.78, 5) is 19.0. The van der Waals surface area contributed by atoms with Crippen molar-refractivity contribution in [2.75, 3.05) is 6.54 Å². The summed E-state index contributed by atoms with van der Waals surface area (Å²) in [5.41, 5.74) is 2.27. The van der Waals surface area contributed by atoms with Crippen molar-refractivity contribution < 1.29 is 4.79 Å². The molecule has 4 nitrogen and oxygen atoms in total. The Morgan fingerprint density at radius 3 is 3.06 bits per heavy atom. The Bertz CT molecular complexity index is 469. The van der Waals surface area contributed by atoms with Crippen molar-refractivity contribution in [2.24, 2.45) is 5.92 Å². The van der Waals surface area contributed by atoms with Gasteiger partial charge in [0, 0.05) is 12.7 Å². The van der Waals surface area contributed by atoms with Gasteiger partial charge in [-0.2, -0.15) is 0 Å². The first-order valence-electron chi connectivity index (χ1n) is 5.39. The van der Waals surface area contributed by atoms with Gasteiger partial charge in [0.25, 0.3) is 5.91 Å². The zero-order chi connectivity index (χ0) is 11.5. The summed E-state index contributed by atoms with van der Waals surface area (Å²) >= 11 is 0. The lowest BCUT2D eigenvalue weighted by Crippen LogP contribution is -2.27. The average Bonchev–Trinajstić information content (AvgIpc) is 2.69. The van der Waals surface area contributed by atoms with E-state index in [1.165, 1.54) is 0 Å². The minimum absolute atomic E-state index is 0.0771. The van der Waals surface area contributed by atoms with Crippen LogP contribution in [0, 0.1) is 5.92 Å². The Labute approximate surface area is 94.1 Å². The molecule has 4 heteroatoms. The van der Waals surface area contributed by atoms with E-state index in [-0.39, 0.29) is 5.91 Å². The van der Waals surface area contributed by atoms with E-state index in [2.05, 4.69) is 29.1 Å². The van der Waals surface area contributed by atoms with Gasteiger partial charge in [0.15, 0.2) is 0 Å². The fraction of sp³-hybridized carbons (Fsp3) is 0.333. The zero-order valence-electron chi connectivity index (χ0n) is 9.45. The van der Waals surface area contributed by atoms with Gasteiger partial charge in [0.05, 0.1) is 11.0 Å². The summed E-state index contributed by atoms with van der Waals surface area (Å²) < 4.78 is 0. The maximum Gasteiger partial charge on any atom is 0.267 e. The normalized spacial score (nSPS) is 10.9. The molecule has 0 saturated carbocycles. The van der Waals surface area contributed by atoms with E-state index < -0.39 is 0 Å². The molecule has 0 saturated heterocycles. The van der Waals surface area contributed by atoms with Gasteiger partial charge in [-0.25, -0.2) is 0 Å².